The third-order valence-electron chi connectivity index (χ3n) is 1.11. The molecule has 10 heavy (non-hydrogen) atoms. The Balaban J connectivity index is 3.87. The number of hydrogen-bond acceptors (Lipinski definition) is 4. The summed E-state index contributed by atoms with van der Waals surface area (Å²) in [7, 11) is 1.37. The molecule has 0 saturated heterocycles. The number of carbonyl (C=O) groups excluding carboxylic acids is 1. The van der Waals surface area contributed by atoms with E-state index in [0.717, 1.165) is 0 Å². The van der Waals surface area contributed by atoms with Crippen LogP contribution in [-0.2, 0) is 13.6 Å². The average Bonchev–Trinajstić information content (AvgIpc) is 1.91. The van der Waals surface area contributed by atoms with E-state index < -0.39 is 9.28 Å². The Morgan fingerprint density at radius 3 is 2.30 bits per heavy atom. The standard InChI is InChI=1S/C5H11NO3Si/c1-5(6-4-7)10(8-2)9-3/h5,10H,1-3H3. The quantitative estimate of drug-likeness (QED) is 0.325. The SMILES string of the molecule is CO[SiH](OC)C(C)N=C=O. The summed E-state index contributed by atoms with van der Waals surface area (Å²) in [6, 6.07) is 0. The number of nitrogens with zero attached hydrogens (tertiary/aromatic N) is 1. The number of rotatable bonds is 4. The van der Waals surface area contributed by atoms with Crippen molar-refractivity contribution < 1.29 is 13.6 Å². The molecule has 0 fully saturated rings. The Kier molecular flexibility index (Phi) is 5.06. The van der Waals surface area contributed by atoms with Crippen molar-refractivity contribution in [3.05, 3.63) is 0 Å². The van der Waals surface area contributed by atoms with Crippen LogP contribution in [0.2, 0.25) is 0 Å². The lowest BCUT2D eigenvalue weighted by molar-refractivity contribution is 0.269. The molecule has 0 aliphatic carbocycles. The average molecular weight is 161 g/mol. The van der Waals surface area contributed by atoms with Gasteiger partial charge < -0.3 is 8.85 Å². The van der Waals surface area contributed by atoms with Crippen molar-refractivity contribution in [1.82, 2.24) is 0 Å². The monoisotopic (exact) mass is 161 g/mol. The van der Waals surface area contributed by atoms with Gasteiger partial charge in [-0.15, -0.1) is 0 Å². The Labute approximate surface area is 61.7 Å². The molecule has 1 atom stereocenters. The zero-order valence-corrected chi connectivity index (χ0v) is 7.48. The number of hydrogen-bond donors (Lipinski definition) is 0. The summed E-state index contributed by atoms with van der Waals surface area (Å²) in [6.45, 7) is 1.77. The van der Waals surface area contributed by atoms with Crippen molar-refractivity contribution in [2.75, 3.05) is 14.2 Å². The maximum atomic E-state index is 9.77. The molecular weight excluding hydrogens is 150 g/mol. The van der Waals surface area contributed by atoms with Crippen LogP contribution in [0, 0.1) is 0 Å². The normalized spacial score (nSPS) is 12.8. The minimum Gasteiger partial charge on any atom is -0.399 e. The van der Waals surface area contributed by atoms with Crippen LogP contribution in [0.1, 0.15) is 6.92 Å². The molecule has 0 saturated carbocycles. The van der Waals surface area contributed by atoms with Gasteiger partial charge in [0.15, 0.2) is 0 Å². The first-order chi connectivity index (χ1) is 4.76. The molecule has 0 aliphatic heterocycles. The Hall–Kier alpha value is -0.483. The summed E-state index contributed by atoms with van der Waals surface area (Å²) >= 11 is 0. The van der Waals surface area contributed by atoms with Gasteiger partial charge in [-0.2, -0.15) is 0 Å². The first-order valence-corrected chi connectivity index (χ1v) is 4.49. The molecule has 0 radical (unpaired) electrons. The molecule has 58 valence electrons. The summed E-state index contributed by atoms with van der Waals surface area (Å²) in [5.41, 5.74) is -0.160. The minimum atomic E-state index is -1.73. The number of aliphatic imine (C=N–C) groups is 1. The fourth-order valence-electron chi connectivity index (χ4n) is 0.634. The lowest BCUT2D eigenvalue weighted by atomic mass is 10.8. The molecular formula is C5H11NO3Si. The van der Waals surface area contributed by atoms with Gasteiger partial charge in [-0.3, -0.25) is 0 Å². The summed E-state index contributed by atoms with van der Waals surface area (Å²) in [5.74, 6) is 0. The zero-order chi connectivity index (χ0) is 7.98. The van der Waals surface area contributed by atoms with Crippen LogP contribution in [0.3, 0.4) is 0 Å². The molecule has 0 heterocycles. The first kappa shape index (κ1) is 9.52. The number of isocyanates is 1. The van der Waals surface area contributed by atoms with Crippen molar-refractivity contribution in [3.8, 4) is 0 Å². The molecule has 1 unspecified atom stereocenters. The van der Waals surface area contributed by atoms with E-state index in [1.807, 2.05) is 0 Å². The van der Waals surface area contributed by atoms with Gasteiger partial charge in [0, 0.05) is 14.2 Å². The largest absolute Gasteiger partial charge is 0.399 e. The highest BCUT2D eigenvalue weighted by atomic mass is 28.3. The fourth-order valence-corrected chi connectivity index (χ4v) is 1.80. The van der Waals surface area contributed by atoms with Crippen LogP contribution in [-0.4, -0.2) is 35.2 Å². The van der Waals surface area contributed by atoms with E-state index in [-0.39, 0.29) is 5.67 Å². The van der Waals surface area contributed by atoms with E-state index >= 15 is 0 Å². The van der Waals surface area contributed by atoms with Crippen LogP contribution in [0.4, 0.5) is 0 Å². The van der Waals surface area contributed by atoms with Crippen LogP contribution < -0.4 is 0 Å². The van der Waals surface area contributed by atoms with Crippen molar-refractivity contribution in [3.63, 3.8) is 0 Å². The molecule has 4 nitrogen and oxygen atoms in total. The van der Waals surface area contributed by atoms with Gasteiger partial charge >= 0.3 is 9.28 Å². The molecule has 0 spiro atoms. The van der Waals surface area contributed by atoms with E-state index in [9.17, 15) is 4.79 Å². The second-order valence-corrected chi connectivity index (χ2v) is 4.45. The van der Waals surface area contributed by atoms with Gasteiger partial charge in [0.1, 0.15) is 5.67 Å². The van der Waals surface area contributed by atoms with Crippen molar-refractivity contribution >= 4 is 15.4 Å². The highest BCUT2D eigenvalue weighted by Crippen LogP contribution is 1.96. The minimum absolute atomic E-state index is 0.160. The maximum absolute atomic E-state index is 9.77. The van der Waals surface area contributed by atoms with Crippen molar-refractivity contribution in [1.29, 1.82) is 0 Å². The van der Waals surface area contributed by atoms with E-state index in [4.69, 9.17) is 8.85 Å². The third kappa shape index (κ3) is 2.89. The lowest BCUT2D eigenvalue weighted by Crippen LogP contribution is -2.31. The Bertz CT molecular complexity index is 131. The van der Waals surface area contributed by atoms with E-state index in [1.165, 1.54) is 6.08 Å². The van der Waals surface area contributed by atoms with E-state index in [1.54, 1.807) is 21.1 Å². The van der Waals surface area contributed by atoms with Crippen LogP contribution >= 0.6 is 0 Å². The second kappa shape index (κ2) is 5.31. The van der Waals surface area contributed by atoms with Gasteiger partial charge in [0.25, 0.3) is 0 Å². The molecule has 0 bridgehead atoms. The first-order valence-electron chi connectivity index (χ1n) is 2.88. The molecule has 0 aromatic heterocycles. The summed E-state index contributed by atoms with van der Waals surface area (Å²) < 4.78 is 9.92. The van der Waals surface area contributed by atoms with E-state index in [2.05, 4.69) is 4.99 Å². The van der Waals surface area contributed by atoms with Crippen molar-refractivity contribution in [2.45, 2.75) is 12.6 Å². The van der Waals surface area contributed by atoms with Gasteiger partial charge in [0.2, 0.25) is 6.08 Å². The second-order valence-electron chi connectivity index (χ2n) is 1.80. The van der Waals surface area contributed by atoms with Crippen LogP contribution in [0.15, 0.2) is 4.99 Å². The molecule has 5 heteroatoms. The predicted molar refractivity (Wildman–Crippen MR) is 38.8 cm³/mol. The molecule has 0 aliphatic rings. The summed E-state index contributed by atoms with van der Waals surface area (Å²) in [4.78, 5) is 13.2. The molecule has 0 aromatic rings. The summed E-state index contributed by atoms with van der Waals surface area (Å²) in [5, 5.41) is 0. The van der Waals surface area contributed by atoms with Crippen molar-refractivity contribution in [2.24, 2.45) is 4.99 Å². The molecule has 0 N–H and O–H groups in total. The topological polar surface area (TPSA) is 47.9 Å². The van der Waals surface area contributed by atoms with Gasteiger partial charge in [0.05, 0.1) is 0 Å². The van der Waals surface area contributed by atoms with E-state index in [0.29, 0.717) is 0 Å². The Morgan fingerprint density at radius 1 is 1.50 bits per heavy atom. The Morgan fingerprint density at radius 2 is 2.00 bits per heavy atom. The van der Waals surface area contributed by atoms with Gasteiger partial charge in [-0.25, -0.2) is 9.79 Å². The highest BCUT2D eigenvalue weighted by Gasteiger charge is 2.18. The molecule has 0 aromatic carbocycles. The van der Waals surface area contributed by atoms with Gasteiger partial charge in [-0.05, 0) is 6.92 Å². The predicted octanol–water partition coefficient (Wildman–Crippen LogP) is -0.237. The fraction of sp³-hybridized carbons (Fsp3) is 0.800. The smallest absolute Gasteiger partial charge is 0.347 e. The molecule has 0 amide bonds. The van der Waals surface area contributed by atoms with Crippen LogP contribution in [0.5, 0.6) is 0 Å². The zero-order valence-electron chi connectivity index (χ0n) is 6.33. The molecule has 0 rings (SSSR count). The third-order valence-corrected chi connectivity index (χ3v) is 2.98. The van der Waals surface area contributed by atoms with Crippen LogP contribution in [0.25, 0.3) is 0 Å². The van der Waals surface area contributed by atoms with Gasteiger partial charge in [-0.1, -0.05) is 0 Å². The lowest BCUT2D eigenvalue weighted by Gasteiger charge is -2.12. The maximum Gasteiger partial charge on any atom is 0.347 e. The summed E-state index contributed by atoms with van der Waals surface area (Å²) in [6.07, 6.45) is 1.47. The highest BCUT2D eigenvalue weighted by molar-refractivity contribution is 6.46.